The second-order valence-electron chi connectivity index (χ2n) is 4.22. The van der Waals surface area contributed by atoms with Gasteiger partial charge in [0.2, 0.25) is 11.1 Å². The molecule has 0 radical (unpaired) electrons. The molecule has 1 unspecified atom stereocenters. The molecule has 2 aromatic carbocycles. The van der Waals surface area contributed by atoms with Gasteiger partial charge in [-0.1, -0.05) is 0 Å². The number of rotatable bonds is 3. The van der Waals surface area contributed by atoms with Crippen molar-refractivity contribution in [3.8, 4) is 17.2 Å². The maximum atomic E-state index is 12.1. The molecule has 4 nitrogen and oxygen atoms in total. The molecule has 0 fully saturated rings. The van der Waals surface area contributed by atoms with Crippen LogP contribution in [0.25, 0.3) is 0 Å². The van der Waals surface area contributed by atoms with Gasteiger partial charge in [0.05, 0.1) is 4.90 Å². The molecule has 0 spiro atoms. The van der Waals surface area contributed by atoms with Gasteiger partial charge in [-0.15, -0.1) is 0 Å². The molecule has 0 aliphatic carbocycles. The fraction of sp³-hybridized carbons (Fsp3) is 0.143. The maximum absolute atomic E-state index is 12.1. The summed E-state index contributed by atoms with van der Waals surface area (Å²) in [5.74, 6) is 0.707. The van der Waals surface area contributed by atoms with E-state index in [1.807, 2.05) is 0 Å². The van der Waals surface area contributed by atoms with Crippen molar-refractivity contribution in [1.82, 2.24) is 0 Å². The zero-order chi connectivity index (χ0) is 14.0. The summed E-state index contributed by atoms with van der Waals surface area (Å²) in [7, 11) is 0. The van der Waals surface area contributed by atoms with Gasteiger partial charge in [0.15, 0.2) is 0 Å². The molecule has 1 atom stereocenters. The van der Waals surface area contributed by atoms with Crippen LogP contribution in [0, 0.1) is 13.8 Å². The molecular formula is C14H14O4S. The summed E-state index contributed by atoms with van der Waals surface area (Å²) in [5.41, 5.74) is 1.34. The van der Waals surface area contributed by atoms with E-state index in [-0.39, 0.29) is 11.5 Å². The third kappa shape index (κ3) is 3.06. The number of hydrogen-bond acceptors (Lipinski definition) is 4. The van der Waals surface area contributed by atoms with Gasteiger partial charge in [-0.3, -0.25) is 0 Å². The minimum absolute atomic E-state index is 0.124. The Morgan fingerprint density at radius 2 is 1.74 bits per heavy atom. The van der Waals surface area contributed by atoms with Gasteiger partial charge in [-0.25, -0.2) is 4.21 Å². The predicted molar refractivity (Wildman–Crippen MR) is 72.7 cm³/mol. The van der Waals surface area contributed by atoms with E-state index in [9.17, 15) is 14.4 Å². The first-order valence-electron chi connectivity index (χ1n) is 5.66. The monoisotopic (exact) mass is 278 g/mol. The van der Waals surface area contributed by atoms with Gasteiger partial charge in [0.1, 0.15) is 17.2 Å². The highest BCUT2D eigenvalue weighted by Gasteiger charge is 2.11. The fourth-order valence-electron chi connectivity index (χ4n) is 1.63. The van der Waals surface area contributed by atoms with Gasteiger partial charge in [-0.2, -0.15) is 0 Å². The largest absolute Gasteiger partial charge is 0.508 e. The molecule has 0 amide bonds. The van der Waals surface area contributed by atoms with Crippen LogP contribution in [0.5, 0.6) is 17.2 Å². The number of aromatic hydroxyl groups is 2. The first kappa shape index (κ1) is 13.4. The molecule has 5 heteroatoms. The summed E-state index contributed by atoms with van der Waals surface area (Å²) in [4.78, 5) is 0.503. The van der Waals surface area contributed by atoms with E-state index >= 15 is 0 Å². The number of aryl methyl sites for hydroxylation is 2. The minimum atomic E-state index is -1.66. The molecule has 2 N–H and O–H groups in total. The molecule has 0 bridgehead atoms. The lowest BCUT2D eigenvalue weighted by molar-refractivity contribution is 0.469. The van der Waals surface area contributed by atoms with Gasteiger partial charge in [-0.05, 0) is 61.4 Å². The normalized spacial score (nSPS) is 12.1. The Bertz CT molecular complexity index is 637. The van der Waals surface area contributed by atoms with E-state index in [0.717, 1.165) is 0 Å². The summed E-state index contributed by atoms with van der Waals surface area (Å²) >= 11 is -1.66. The molecule has 0 aliphatic heterocycles. The van der Waals surface area contributed by atoms with Crippen molar-refractivity contribution in [2.75, 3.05) is 0 Å². The molecule has 2 aromatic rings. The van der Waals surface area contributed by atoms with E-state index in [1.165, 1.54) is 18.2 Å². The highest BCUT2D eigenvalue weighted by atomic mass is 32.2. The van der Waals surface area contributed by atoms with Crippen LogP contribution in [0.1, 0.15) is 11.1 Å². The molecule has 19 heavy (non-hydrogen) atoms. The first-order chi connectivity index (χ1) is 8.97. The highest BCUT2D eigenvalue weighted by Crippen LogP contribution is 2.25. The quantitative estimate of drug-likeness (QED) is 0.906. The van der Waals surface area contributed by atoms with Crippen molar-refractivity contribution in [3.05, 3.63) is 47.5 Å². The average Bonchev–Trinajstić information content (AvgIpc) is 2.33. The first-order valence-corrected chi connectivity index (χ1v) is 6.74. The number of phenolic OH excluding ortho intramolecular Hbond substituents is 2. The number of hydrogen-bond donors (Lipinski definition) is 2. The zero-order valence-corrected chi connectivity index (χ0v) is 11.4. The Morgan fingerprint density at radius 1 is 1.00 bits per heavy atom. The van der Waals surface area contributed by atoms with E-state index < -0.39 is 11.1 Å². The smallest absolute Gasteiger partial charge is 0.240 e. The van der Waals surface area contributed by atoms with Crippen molar-refractivity contribution >= 4 is 11.1 Å². The molecular weight excluding hydrogens is 264 g/mol. The van der Waals surface area contributed by atoms with Crippen LogP contribution in [0.15, 0.2) is 41.3 Å². The average molecular weight is 278 g/mol. The second-order valence-corrected chi connectivity index (χ2v) is 5.29. The van der Waals surface area contributed by atoms with E-state index in [0.29, 0.717) is 21.8 Å². The van der Waals surface area contributed by atoms with Crippen LogP contribution >= 0.6 is 0 Å². The topological polar surface area (TPSA) is 66.8 Å². The number of phenols is 2. The van der Waals surface area contributed by atoms with Crippen molar-refractivity contribution in [2.45, 2.75) is 18.7 Å². The summed E-state index contributed by atoms with van der Waals surface area (Å²) in [6.07, 6.45) is 0. The van der Waals surface area contributed by atoms with Gasteiger partial charge in [0.25, 0.3) is 0 Å². The SMILES string of the molecule is Cc1cc(OS(=O)c2ccc(O)cc2C)ccc1O. The zero-order valence-electron chi connectivity index (χ0n) is 10.6. The fourth-order valence-corrected chi connectivity index (χ4v) is 2.50. The maximum Gasteiger partial charge on any atom is 0.240 e. The predicted octanol–water partition coefficient (Wildman–Crippen LogP) is 2.82. The standard InChI is InChI=1S/C14H14O4S/c1-9-8-12(4-5-13(9)16)18-19(17)14-6-3-11(15)7-10(14)2/h3-8,15-16H,1-2H3. The van der Waals surface area contributed by atoms with Crippen LogP contribution in [-0.4, -0.2) is 14.4 Å². The van der Waals surface area contributed by atoms with E-state index in [2.05, 4.69) is 0 Å². The number of benzene rings is 2. The minimum Gasteiger partial charge on any atom is -0.508 e. The summed E-state index contributed by atoms with van der Waals surface area (Å²) in [6.45, 7) is 3.48. The van der Waals surface area contributed by atoms with E-state index in [4.69, 9.17) is 4.18 Å². The summed E-state index contributed by atoms with van der Waals surface area (Å²) in [5, 5.41) is 18.7. The lowest BCUT2D eigenvalue weighted by Crippen LogP contribution is -2.03. The highest BCUT2D eigenvalue weighted by molar-refractivity contribution is 7.80. The Morgan fingerprint density at radius 3 is 2.37 bits per heavy atom. The van der Waals surface area contributed by atoms with Crippen LogP contribution in [-0.2, 0) is 11.1 Å². The molecule has 0 saturated carbocycles. The Kier molecular flexibility index (Phi) is 3.76. The Labute approximate surface area is 114 Å². The van der Waals surface area contributed by atoms with Gasteiger partial charge in [0, 0.05) is 0 Å². The molecule has 0 aliphatic rings. The molecule has 0 heterocycles. The van der Waals surface area contributed by atoms with Crippen molar-refractivity contribution in [1.29, 1.82) is 0 Å². The van der Waals surface area contributed by atoms with Crippen LogP contribution in [0.2, 0.25) is 0 Å². The van der Waals surface area contributed by atoms with Gasteiger partial charge >= 0.3 is 0 Å². The molecule has 0 saturated heterocycles. The van der Waals surface area contributed by atoms with Crippen LogP contribution < -0.4 is 4.18 Å². The lowest BCUT2D eigenvalue weighted by atomic mass is 10.2. The Balaban J connectivity index is 2.23. The summed E-state index contributed by atoms with van der Waals surface area (Å²) < 4.78 is 17.4. The third-order valence-electron chi connectivity index (χ3n) is 2.68. The summed E-state index contributed by atoms with van der Waals surface area (Å²) in [6, 6.07) is 9.21. The third-order valence-corrected chi connectivity index (χ3v) is 3.84. The van der Waals surface area contributed by atoms with Crippen molar-refractivity contribution in [3.63, 3.8) is 0 Å². The van der Waals surface area contributed by atoms with Crippen LogP contribution in [0.4, 0.5) is 0 Å². The van der Waals surface area contributed by atoms with Crippen molar-refractivity contribution in [2.24, 2.45) is 0 Å². The van der Waals surface area contributed by atoms with Crippen LogP contribution in [0.3, 0.4) is 0 Å². The van der Waals surface area contributed by atoms with E-state index in [1.54, 1.807) is 32.0 Å². The van der Waals surface area contributed by atoms with Gasteiger partial charge < -0.3 is 14.4 Å². The lowest BCUT2D eigenvalue weighted by Gasteiger charge is -2.08. The second kappa shape index (κ2) is 5.32. The molecule has 0 aromatic heterocycles. The molecule has 2 rings (SSSR count). The Hall–Kier alpha value is -2.01. The van der Waals surface area contributed by atoms with Crippen molar-refractivity contribution < 1.29 is 18.6 Å². The molecule has 100 valence electrons.